The van der Waals surface area contributed by atoms with Gasteiger partial charge >= 0.3 is 0 Å². The summed E-state index contributed by atoms with van der Waals surface area (Å²) in [6.45, 7) is 3.98. The molecule has 4 rings (SSSR count). The standard InChI is InChI=1S/C21H29N5O3/c1-23-13-16(6-7-19(23)27)21(28)26-10-11-29-18(15-25-8-4-3-5-9-25)20(26)17-12-22-24(2)14-17/h6-7,12-14,18,20H,3-5,8-11,15H2,1-2H3/t18-,20-/m0/s1. The van der Waals surface area contributed by atoms with E-state index in [4.69, 9.17) is 4.74 Å². The van der Waals surface area contributed by atoms with Crippen molar-refractivity contribution in [3.63, 3.8) is 0 Å². The Morgan fingerprint density at radius 1 is 1.14 bits per heavy atom. The molecular weight excluding hydrogens is 370 g/mol. The summed E-state index contributed by atoms with van der Waals surface area (Å²) in [4.78, 5) is 29.5. The van der Waals surface area contributed by atoms with E-state index in [1.807, 2.05) is 24.3 Å². The van der Waals surface area contributed by atoms with Gasteiger partial charge in [-0.05, 0) is 32.0 Å². The molecular formula is C21H29N5O3. The maximum absolute atomic E-state index is 13.4. The number of hydrogen-bond donors (Lipinski definition) is 0. The van der Waals surface area contributed by atoms with Crippen LogP contribution in [-0.2, 0) is 18.8 Å². The van der Waals surface area contributed by atoms with Crippen LogP contribution < -0.4 is 5.56 Å². The van der Waals surface area contributed by atoms with Crippen molar-refractivity contribution in [3.05, 3.63) is 52.2 Å². The molecule has 0 aromatic carbocycles. The molecule has 2 fully saturated rings. The minimum Gasteiger partial charge on any atom is -0.373 e. The average Bonchev–Trinajstić information content (AvgIpc) is 3.16. The van der Waals surface area contributed by atoms with Crippen LogP contribution in [0.3, 0.4) is 0 Å². The minimum absolute atomic E-state index is 0.0820. The molecule has 0 spiro atoms. The lowest BCUT2D eigenvalue weighted by Crippen LogP contribution is -2.52. The highest BCUT2D eigenvalue weighted by Crippen LogP contribution is 2.31. The lowest BCUT2D eigenvalue weighted by molar-refractivity contribution is -0.0741. The number of ether oxygens (including phenoxy) is 1. The van der Waals surface area contributed by atoms with Crippen LogP contribution in [0.15, 0.2) is 35.5 Å². The molecule has 0 unspecified atom stereocenters. The Balaban J connectivity index is 1.63. The van der Waals surface area contributed by atoms with Crippen molar-refractivity contribution in [1.82, 2.24) is 24.1 Å². The Morgan fingerprint density at radius 2 is 1.93 bits per heavy atom. The van der Waals surface area contributed by atoms with Crippen molar-refractivity contribution in [1.29, 1.82) is 0 Å². The zero-order valence-electron chi connectivity index (χ0n) is 17.2. The van der Waals surface area contributed by atoms with Gasteiger partial charge in [0.25, 0.3) is 5.91 Å². The van der Waals surface area contributed by atoms with Crippen LogP contribution in [0.1, 0.15) is 41.2 Å². The van der Waals surface area contributed by atoms with E-state index in [1.54, 1.807) is 24.0 Å². The average molecular weight is 399 g/mol. The van der Waals surface area contributed by atoms with E-state index in [1.165, 1.54) is 29.9 Å². The van der Waals surface area contributed by atoms with Gasteiger partial charge in [-0.15, -0.1) is 0 Å². The highest BCUT2D eigenvalue weighted by atomic mass is 16.5. The van der Waals surface area contributed by atoms with Crippen LogP contribution in [0.4, 0.5) is 0 Å². The normalized spacial score (nSPS) is 23.3. The Bertz CT molecular complexity index is 915. The summed E-state index contributed by atoms with van der Waals surface area (Å²) in [6, 6.07) is 2.85. The zero-order chi connectivity index (χ0) is 20.4. The minimum atomic E-state index is -0.205. The van der Waals surface area contributed by atoms with Gasteiger partial charge in [0.2, 0.25) is 5.56 Å². The molecule has 156 valence electrons. The number of carbonyl (C=O) groups is 1. The van der Waals surface area contributed by atoms with E-state index in [2.05, 4.69) is 10.00 Å². The molecule has 0 saturated carbocycles. The maximum Gasteiger partial charge on any atom is 0.256 e. The van der Waals surface area contributed by atoms with Crippen molar-refractivity contribution in [2.75, 3.05) is 32.8 Å². The predicted molar refractivity (Wildman–Crippen MR) is 109 cm³/mol. The molecule has 1 amide bonds. The molecule has 8 heteroatoms. The van der Waals surface area contributed by atoms with E-state index < -0.39 is 0 Å². The molecule has 4 heterocycles. The predicted octanol–water partition coefficient (Wildman–Crippen LogP) is 1.19. The zero-order valence-corrected chi connectivity index (χ0v) is 17.2. The smallest absolute Gasteiger partial charge is 0.256 e. The summed E-state index contributed by atoms with van der Waals surface area (Å²) in [7, 11) is 3.54. The van der Waals surface area contributed by atoms with E-state index in [-0.39, 0.29) is 23.6 Å². The number of rotatable bonds is 4. The second-order valence-electron chi connectivity index (χ2n) is 8.03. The van der Waals surface area contributed by atoms with Gasteiger partial charge in [0.05, 0.1) is 30.5 Å². The molecule has 2 aromatic rings. The lowest BCUT2D eigenvalue weighted by Gasteiger charge is -2.43. The van der Waals surface area contributed by atoms with Crippen molar-refractivity contribution in [3.8, 4) is 0 Å². The second-order valence-corrected chi connectivity index (χ2v) is 8.03. The van der Waals surface area contributed by atoms with Crippen LogP contribution in [0.2, 0.25) is 0 Å². The molecule has 2 aliphatic heterocycles. The Labute approximate surface area is 170 Å². The molecule has 29 heavy (non-hydrogen) atoms. The van der Waals surface area contributed by atoms with Crippen molar-refractivity contribution in [2.24, 2.45) is 14.1 Å². The third kappa shape index (κ3) is 4.28. The van der Waals surface area contributed by atoms with Gasteiger partial charge in [-0.3, -0.25) is 14.3 Å². The van der Waals surface area contributed by atoms with Crippen LogP contribution in [-0.4, -0.2) is 68.9 Å². The fourth-order valence-corrected chi connectivity index (χ4v) is 4.38. The SMILES string of the molecule is Cn1cc([C@H]2[C@H](CN3CCCCC3)OCCN2C(=O)c2ccc(=O)n(C)c2)cn1. The summed E-state index contributed by atoms with van der Waals surface area (Å²) in [5, 5.41) is 4.33. The summed E-state index contributed by atoms with van der Waals surface area (Å²) < 4.78 is 9.39. The molecule has 2 atom stereocenters. The Hall–Kier alpha value is -2.45. The first kappa shape index (κ1) is 19.8. The first-order valence-corrected chi connectivity index (χ1v) is 10.3. The monoisotopic (exact) mass is 399 g/mol. The Kier molecular flexibility index (Phi) is 5.82. The van der Waals surface area contributed by atoms with Crippen LogP contribution in [0.25, 0.3) is 0 Å². The number of aromatic nitrogens is 3. The maximum atomic E-state index is 13.4. The number of likely N-dealkylation sites (tertiary alicyclic amines) is 1. The topological polar surface area (TPSA) is 72.6 Å². The number of nitrogens with zero attached hydrogens (tertiary/aromatic N) is 5. The van der Waals surface area contributed by atoms with Gasteiger partial charge in [0.1, 0.15) is 0 Å². The van der Waals surface area contributed by atoms with Gasteiger partial charge in [-0.2, -0.15) is 5.10 Å². The molecule has 2 aromatic heterocycles. The molecule has 2 saturated heterocycles. The third-order valence-electron chi connectivity index (χ3n) is 5.90. The first-order valence-electron chi connectivity index (χ1n) is 10.3. The van der Waals surface area contributed by atoms with Crippen LogP contribution in [0, 0.1) is 0 Å². The lowest BCUT2D eigenvalue weighted by atomic mass is 9.98. The summed E-state index contributed by atoms with van der Waals surface area (Å²) in [6.07, 6.45) is 9.00. The number of hydrogen-bond acceptors (Lipinski definition) is 5. The quantitative estimate of drug-likeness (QED) is 0.772. The van der Waals surface area contributed by atoms with Gasteiger partial charge in [-0.25, -0.2) is 0 Å². The third-order valence-corrected chi connectivity index (χ3v) is 5.90. The number of piperidine rings is 1. The first-order chi connectivity index (χ1) is 14.0. The van der Waals surface area contributed by atoms with E-state index >= 15 is 0 Å². The number of carbonyl (C=O) groups excluding carboxylic acids is 1. The Morgan fingerprint density at radius 3 is 2.62 bits per heavy atom. The second kappa shape index (κ2) is 8.51. The molecule has 8 nitrogen and oxygen atoms in total. The van der Waals surface area contributed by atoms with E-state index in [9.17, 15) is 9.59 Å². The number of amides is 1. The van der Waals surface area contributed by atoms with Crippen molar-refractivity contribution >= 4 is 5.91 Å². The van der Waals surface area contributed by atoms with Gasteiger partial charge in [-0.1, -0.05) is 6.42 Å². The van der Waals surface area contributed by atoms with Gasteiger partial charge < -0.3 is 19.1 Å². The molecule has 0 aliphatic carbocycles. The molecule has 0 radical (unpaired) electrons. The fraction of sp³-hybridized carbons (Fsp3) is 0.571. The summed E-state index contributed by atoms with van der Waals surface area (Å²) in [5.74, 6) is -0.0820. The van der Waals surface area contributed by atoms with Crippen molar-refractivity contribution < 1.29 is 9.53 Å². The molecule has 2 aliphatic rings. The fourth-order valence-electron chi connectivity index (χ4n) is 4.38. The highest BCUT2D eigenvalue weighted by molar-refractivity contribution is 5.94. The number of pyridine rings is 1. The van der Waals surface area contributed by atoms with Gasteiger partial charge in [0.15, 0.2) is 0 Å². The summed E-state index contributed by atoms with van der Waals surface area (Å²) >= 11 is 0. The largest absolute Gasteiger partial charge is 0.373 e. The molecule has 0 N–H and O–H groups in total. The number of aryl methyl sites for hydroxylation is 2. The van der Waals surface area contributed by atoms with Crippen LogP contribution in [0.5, 0.6) is 0 Å². The van der Waals surface area contributed by atoms with Crippen LogP contribution >= 0.6 is 0 Å². The van der Waals surface area contributed by atoms with Gasteiger partial charge in [0, 0.05) is 51.2 Å². The van der Waals surface area contributed by atoms with E-state index in [0.29, 0.717) is 18.7 Å². The van der Waals surface area contributed by atoms with Crippen molar-refractivity contribution in [2.45, 2.75) is 31.4 Å². The highest BCUT2D eigenvalue weighted by Gasteiger charge is 2.38. The molecule has 0 bridgehead atoms. The summed E-state index contributed by atoms with van der Waals surface area (Å²) in [5.41, 5.74) is 1.36. The number of morpholine rings is 1. The van der Waals surface area contributed by atoms with E-state index in [0.717, 1.165) is 25.2 Å².